The molecule has 0 aromatic carbocycles. The summed E-state index contributed by atoms with van der Waals surface area (Å²) < 4.78 is 6.67. The molecule has 11 heteroatoms. The van der Waals surface area contributed by atoms with Gasteiger partial charge < -0.3 is 10.5 Å². The van der Waals surface area contributed by atoms with Gasteiger partial charge in [-0.05, 0) is 17.5 Å². The number of amidine groups is 1. The Hall–Kier alpha value is -1.43. The number of methoxy groups -OCH3 is 1. The number of carbonyl (C=O) groups is 2. The molecule has 4 atom stereocenters. The Kier molecular flexibility index (Phi) is 3.08. The van der Waals surface area contributed by atoms with E-state index in [4.69, 9.17) is 10.5 Å². The highest BCUT2D eigenvalue weighted by atomic mass is 32.2. The summed E-state index contributed by atoms with van der Waals surface area (Å²) in [5.41, 5.74) is 9.83. The van der Waals surface area contributed by atoms with Crippen LogP contribution in [0.25, 0.3) is 0 Å². The second-order valence-corrected chi connectivity index (χ2v) is 7.29. The van der Waals surface area contributed by atoms with Gasteiger partial charge in [0.1, 0.15) is 22.4 Å². The minimum atomic E-state index is -0.552. The summed E-state index contributed by atoms with van der Waals surface area (Å²) in [5, 5.41) is 5.80. The van der Waals surface area contributed by atoms with E-state index < -0.39 is 12.0 Å². The quantitative estimate of drug-likeness (QED) is 0.359. The van der Waals surface area contributed by atoms with Crippen molar-refractivity contribution in [1.82, 2.24) is 20.0 Å². The molecule has 4 rings (SSSR count). The molecule has 2 bridgehead atoms. The Morgan fingerprint density at radius 1 is 1.55 bits per heavy atom. The molecule has 3 N–H and O–H groups in total. The first kappa shape index (κ1) is 14.2. The first-order valence-electron chi connectivity index (χ1n) is 6.60. The normalized spacial score (nSPS) is 36.0. The van der Waals surface area contributed by atoms with Crippen LogP contribution in [0.15, 0.2) is 16.4 Å². The minimum Gasteiger partial charge on any atom is -0.464 e. The maximum absolute atomic E-state index is 12.2. The van der Waals surface area contributed by atoms with E-state index >= 15 is 0 Å². The summed E-state index contributed by atoms with van der Waals surface area (Å²) in [6.07, 6.45) is 0. The van der Waals surface area contributed by atoms with Gasteiger partial charge in [-0.1, -0.05) is 4.52 Å². The lowest BCUT2D eigenvalue weighted by Gasteiger charge is -2.48. The molecule has 2 saturated heterocycles. The monoisotopic (exact) mass is 342 g/mol. The van der Waals surface area contributed by atoms with Crippen LogP contribution in [0.5, 0.6) is 0 Å². The molecule has 4 aliphatic heterocycles. The molecule has 1 amide bonds. The van der Waals surface area contributed by atoms with Crippen LogP contribution in [0.2, 0.25) is 0 Å². The molecule has 3 unspecified atom stereocenters. The number of ether oxygens (including phenoxy) is 1. The molecule has 118 valence electrons. The van der Waals surface area contributed by atoms with Crippen LogP contribution in [0.1, 0.15) is 0 Å². The number of carbonyl (C=O) groups excluding carboxylic acids is 2. The van der Waals surface area contributed by atoms with Gasteiger partial charge in [0.2, 0.25) is 5.91 Å². The van der Waals surface area contributed by atoms with Gasteiger partial charge in [-0.15, -0.1) is 16.9 Å². The average molecular weight is 342 g/mol. The fourth-order valence-electron chi connectivity index (χ4n) is 2.84. The van der Waals surface area contributed by atoms with Gasteiger partial charge >= 0.3 is 5.97 Å². The molecule has 2 fully saturated rings. The van der Waals surface area contributed by atoms with E-state index in [1.165, 1.54) is 24.0 Å². The van der Waals surface area contributed by atoms with Crippen LogP contribution in [-0.4, -0.2) is 68.7 Å². The predicted octanol–water partition coefficient (Wildman–Crippen LogP) is -1.33. The molecule has 0 aromatic rings. The Morgan fingerprint density at radius 2 is 2.32 bits per heavy atom. The van der Waals surface area contributed by atoms with Crippen LogP contribution >= 0.6 is 23.7 Å². The zero-order valence-corrected chi connectivity index (χ0v) is 13.5. The van der Waals surface area contributed by atoms with E-state index in [-0.39, 0.29) is 16.5 Å². The lowest BCUT2D eigenvalue weighted by atomic mass is 10.0. The molecule has 0 radical (unpaired) electrons. The van der Waals surface area contributed by atoms with Gasteiger partial charge in [0.05, 0.1) is 7.11 Å². The standard InChI is InChI=1S/C11H14N6O3S2/c1-15-8-7(22-17(15)14-13-8)4-3-21-10-5(12)9(18)16(10)6(4)11(19)20-2/h5,7,10,14H,3,12H2,1-2H3/t5?,7?,10-/m0/s1. The summed E-state index contributed by atoms with van der Waals surface area (Å²) >= 11 is 3.07. The maximum atomic E-state index is 12.2. The summed E-state index contributed by atoms with van der Waals surface area (Å²) in [7, 11) is 3.20. The van der Waals surface area contributed by atoms with Gasteiger partial charge in [0.15, 0.2) is 5.84 Å². The van der Waals surface area contributed by atoms with Crippen molar-refractivity contribution in [2.75, 3.05) is 19.9 Å². The smallest absolute Gasteiger partial charge is 0.354 e. The fraction of sp³-hybridized carbons (Fsp3) is 0.545. The van der Waals surface area contributed by atoms with E-state index in [1.807, 2.05) is 12.1 Å². The summed E-state index contributed by atoms with van der Waals surface area (Å²) in [5.74, 6) is 0.676. The molecule has 0 spiro atoms. The van der Waals surface area contributed by atoms with Crippen LogP contribution in [-0.2, 0) is 14.3 Å². The van der Waals surface area contributed by atoms with Crippen molar-refractivity contribution in [3.63, 3.8) is 0 Å². The Bertz CT molecular complexity index is 637. The van der Waals surface area contributed by atoms with Gasteiger partial charge in [0, 0.05) is 12.8 Å². The molecular formula is C11H14N6O3S2. The molecule has 9 nitrogen and oxygen atoms in total. The number of thioether (sulfide) groups is 1. The molecular weight excluding hydrogens is 328 g/mol. The molecule has 0 aromatic heterocycles. The number of rotatable bonds is 2. The van der Waals surface area contributed by atoms with Crippen LogP contribution in [0.3, 0.4) is 0 Å². The number of hydrogen-bond donors (Lipinski definition) is 2. The number of esters is 1. The number of hydrazine groups is 2. The SMILES string of the molecule is COC(=O)C1=C(C2SN3NN=C2N3C)CS[C@H]2C(N)C(=O)N12. The highest BCUT2D eigenvalue weighted by molar-refractivity contribution is 8.01. The second kappa shape index (κ2) is 4.78. The number of hydrogen-bond acceptors (Lipinski definition) is 10. The lowest BCUT2D eigenvalue weighted by Crippen LogP contribution is -2.68. The van der Waals surface area contributed by atoms with E-state index in [9.17, 15) is 9.59 Å². The van der Waals surface area contributed by atoms with Crippen molar-refractivity contribution in [3.05, 3.63) is 11.3 Å². The summed E-state index contributed by atoms with van der Waals surface area (Å²) in [6.45, 7) is 0. The van der Waals surface area contributed by atoms with Crippen molar-refractivity contribution < 1.29 is 14.3 Å². The molecule has 22 heavy (non-hydrogen) atoms. The Morgan fingerprint density at radius 3 is 2.91 bits per heavy atom. The van der Waals surface area contributed by atoms with Crippen molar-refractivity contribution in [1.29, 1.82) is 0 Å². The molecule has 0 aliphatic carbocycles. The fourth-order valence-corrected chi connectivity index (χ4v) is 5.42. The predicted molar refractivity (Wildman–Crippen MR) is 81.7 cm³/mol. The highest BCUT2D eigenvalue weighted by Crippen LogP contribution is 2.45. The van der Waals surface area contributed by atoms with Crippen LogP contribution in [0.4, 0.5) is 0 Å². The van der Waals surface area contributed by atoms with Crippen LogP contribution < -0.4 is 11.3 Å². The van der Waals surface area contributed by atoms with Gasteiger partial charge in [-0.3, -0.25) is 14.7 Å². The van der Waals surface area contributed by atoms with Crippen molar-refractivity contribution >= 4 is 41.4 Å². The zero-order chi connectivity index (χ0) is 15.6. The third-order valence-electron chi connectivity index (χ3n) is 4.03. The highest BCUT2D eigenvalue weighted by Gasteiger charge is 2.54. The van der Waals surface area contributed by atoms with Gasteiger partial charge in [-0.2, -0.15) is 0 Å². The van der Waals surface area contributed by atoms with Crippen molar-refractivity contribution in [3.8, 4) is 0 Å². The number of hydrazone groups is 1. The number of nitrogens with two attached hydrogens (primary N) is 1. The lowest BCUT2D eigenvalue weighted by molar-refractivity contribution is -0.149. The molecule has 4 heterocycles. The summed E-state index contributed by atoms with van der Waals surface area (Å²) in [4.78, 5) is 25.8. The topological polar surface area (TPSA) is 103 Å². The summed E-state index contributed by atoms with van der Waals surface area (Å²) in [6, 6.07) is -0.552. The number of amides is 1. The van der Waals surface area contributed by atoms with Gasteiger partial charge in [-0.25, -0.2) is 10.3 Å². The van der Waals surface area contributed by atoms with Crippen molar-refractivity contribution in [2.45, 2.75) is 16.7 Å². The third kappa shape index (κ3) is 1.67. The maximum Gasteiger partial charge on any atom is 0.354 e. The van der Waals surface area contributed by atoms with Gasteiger partial charge in [0.25, 0.3) is 0 Å². The van der Waals surface area contributed by atoms with E-state index in [0.29, 0.717) is 11.4 Å². The molecule has 4 aliphatic rings. The number of fused-ring (bicyclic) bond motifs is 3. The first-order chi connectivity index (χ1) is 10.5. The van der Waals surface area contributed by atoms with E-state index in [2.05, 4.69) is 10.6 Å². The van der Waals surface area contributed by atoms with E-state index in [1.54, 1.807) is 16.3 Å². The van der Waals surface area contributed by atoms with Crippen LogP contribution in [0, 0.1) is 0 Å². The number of nitrogens with one attached hydrogen (secondary N) is 1. The first-order valence-corrected chi connectivity index (χ1v) is 8.48. The zero-order valence-electron chi connectivity index (χ0n) is 11.8. The second-order valence-electron chi connectivity index (χ2n) is 5.15. The minimum absolute atomic E-state index is 0.113. The number of β-lactam (4-membered cyclic amide) rings is 1. The Labute approximate surface area is 134 Å². The number of nitrogens with zero attached hydrogens (tertiary/aromatic N) is 4. The van der Waals surface area contributed by atoms with E-state index in [0.717, 1.165) is 11.4 Å². The Balaban J connectivity index is 1.76. The third-order valence-corrected chi connectivity index (χ3v) is 6.58. The average Bonchev–Trinajstić information content (AvgIpc) is 3.06. The largest absolute Gasteiger partial charge is 0.464 e. The molecule has 0 saturated carbocycles. The van der Waals surface area contributed by atoms with Crippen molar-refractivity contribution in [2.24, 2.45) is 10.8 Å².